The van der Waals surface area contributed by atoms with Crippen LogP contribution >= 0.6 is 15.9 Å². The second-order valence-corrected chi connectivity index (χ2v) is 8.58. The largest absolute Gasteiger partial charge is 0.466 e. The number of aromatic nitrogens is 1. The number of likely N-dealkylation sites (tertiary alicyclic amines) is 1. The lowest BCUT2D eigenvalue weighted by molar-refractivity contribution is -0.158. The Balaban J connectivity index is 2.17. The van der Waals surface area contributed by atoms with E-state index in [1.807, 2.05) is 20.8 Å². The Morgan fingerprint density at radius 3 is 2.48 bits per heavy atom. The lowest BCUT2D eigenvalue weighted by atomic mass is 9.74. The predicted octanol–water partition coefficient (Wildman–Crippen LogP) is 4.11. The summed E-state index contributed by atoms with van der Waals surface area (Å²) in [4.78, 5) is 30.8. The van der Waals surface area contributed by atoms with Crippen molar-refractivity contribution in [1.82, 2.24) is 9.88 Å². The number of pyridine rings is 1. The van der Waals surface area contributed by atoms with E-state index in [0.29, 0.717) is 42.5 Å². The van der Waals surface area contributed by atoms with E-state index in [1.54, 1.807) is 11.8 Å². The molecule has 0 bridgehead atoms. The van der Waals surface area contributed by atoms with Crippen LogP contribution in [-0.2, 0) is 20.7 Å². The topological polar surface area (TPSA) is 68.7 Å². The summed E-state index contributed by atoms with van der Waals surface area (Å²) < 4.78 is 24.6. The zero-order valence-electron chi connectivity index (χ0n) is 16.2. The summed E-state index contributed by atoms with van der Waals surface area (Å²) in [7, 11) is 0. The minimum atomic E-state index is -0.804. The van der Waals surface area contributed by atoms with Gasteiger partial charge in [-0.25, -0.2) is 9.18 Å². The molecule has 150 valence electrons. The lowest BCUT2D eigenvalue weighted by Gasteiger charge is -2.40. The van der Waals surface area contributed by atoms with Crippen LogP contribution in [0.5, 0.6) is 0 Å². The molecule has 0 saturated carbocycles. The fourth-order valence-electron chi connectivity index (χ4n) is 3.07. The first-order chi connectivity index (χ1) is 12.6. The highest BCUT2D eigenvalue weighted by Gasteiger charge is 2.44. The number of amides is 1. The second kappa shape index (κ2) is 8.54. The molecule has 0 unspecified atom stereocenters. The smallest absolute Gasteiger partial charge is 0.410 e. The van der Waals surface area contributed by atoms with Crippen LogP contribution in [0.3, 0.4) is 0 Å². The van der Waals surface area contributed by atoms with Gasteiger partial charge in [-0.1, -0.05) is 0 Å². The van der Waals surface area contributed by atoms with Gasteiger partial charge in [0.25, 0.3) is 0 Å². The van der Waals surface area contributed by atoms with E-state index in [0.717, 1.165) is 6.20 Å². The highest BCUT2D eigenvalue weighted by Crippen LogP contribution is 2.38. The molecule has 1 aromatic heterocycles. The molecule has 6 nitrogen and oxygen atoms in total. The average Bonchev–Trinajstić information content (AvgIpc) is 2.56. The van der Waals surface area contributed by atoms with Crippen LogP contribution in [0.4, 0.5) is 9.18 Å². The molecule has 0 radical (unpaired) electrons. The van der Waals surface area contributed by atoms with Gasteiger partial charge < -0.3 is 14.4 Å². The molecule has 1 fully saturated rings. The molecule has 0 aromatic carbocycles. The summed E-state index contributed by atoms with van der Waals surface area (Å²) in [5, 5.41) is 0. The molecule has 2 rings (SSSR count). The molecule has 8 heteroatoms. The lowest BCUT2D eigenvalue weighted by Crippen LogP contribution is -2.49. The van der Waals surface area contributed by atoms with Crippen molar-refractivity contribution in [2.45, 2.75) is 52.6 Å². The minimum Gasteiger partial charge on any atom is -0.466 e. The summed E-state index contributed by atoms with van der Waals surface area (Å²) >= 11 is 3.32. The van der Waals surface area contributed by atoms with Crippen LogP contribution in [0.15, 0.2) is 16.7 Å². The van der Waals surface area contributed by atoms with E-state index >= 15 is 0 Å². The number of nitrogens with zero attached hydrogens (tertiary/aromatic N) is 2. The van der Waals surface area contributed by atoms with Gasteiger partial charge in [0.1, 0.15) is 11.4 Å². The maximum atomic E-state index is 13.3. The predicted molar refractivity (Wildman–Crippen MR) is 102 cm³/mol. The molecule has 27 heavy (non-hydrogen) atoms. The van der Waals surface area contributed by atoms with Crippen LogP contribution in [-0.4, -0.2) is 47.2 Å². The number of carbonyl (C=O) groups is 2. The van der Waals surface area contributed by atoms with E-state index < -0.39 is 16.8 Å². The molecule has 0 aliphatic carbocycles. The fourth-order valence-corrected chi connectivity index (χ4v) is 3.54. The first kappa shape index (κ1) is 21.6. The number of hydrogen-bond acceptors (Lipinski definition) is 5. The van der Waals surface area contributed by atoms with Crippen LogP contribution in [0.1, 0.15) is 46.2 Å². The molecule has 1 aromatic rings. The zero-order valence-corrected chi connectivity index (χ0v) is 17.8. The first-order valence-electron chi connectivity index (χ1n) is 9.01. The number of esters is 1. The van der Waals surface area contributed by atoms with E-state index in [1.165, 1.54) is 6.07 Å². The number of ether oxygens (including phenoxy) is 2. The molecule has 0 atom stereocenters. The summed E-state index contributed by atoms with van der Waals surface area (Å²) in [6.07, 6.45) is 1.91. The monoisotopic (exact) mass is 444 g/mol. The highest BCUT2D eigenvalue weighted by molar-refractivity contribution is 9.10. The van der Waals surface area contributed by atoms with Crippen molar-refractivity contribution in [3.8, 4) is 0 Å². The van der Waals surface area contributed by atoms with Crippen LogP contribution in [0.25, 0.3) is 0 Å². The van der Waals surface area contributed by atoms with Crippen molar-refractivity contribution >= 4 is 28.0 Å². The van der Waals surface area contributed by atoms with Gasteiger partial charge in [0, 0.05) is 24.0 Å². The van der Waals surface area contributed by atoms with Gasteiger partial charge in [0.05, 0.1) is 23.9 Å². The van der Waals surface area contributed by atoms with E-state index in [4.69, 9.17) is 9.47 Å². The van der Waals surface area contributed by atoms with E-state index in [-0.39, 0.29) is 18.7 Å². The van der Waals surface area contributed by atoms with Gasteiger partial charge in [0.2, 0.25) is 0 Å². The normalized spacial score (nSPS) is 16.7. The maximum absolute atomic E-state index is 13.3. The standard InChI is InChI=1S/C19H26BrFN2O4/c1-5-26-16(24)19(11-15-14(20)10-13(21)12-22-15)6-8-23(9-7-19)17(25)27-18(2,3)4/h10,12H,5-9,11H2,1-4H3. The summed E-state index contributed by atoms with van der Waals surface area (Å²) in [6.45, 7) is 8.24. The van der Waals surface area contributed by atoms with Gasteiger partial charge in [-0.05, 0) is 62.5 Å². The Morgan fingerprint density at radius 1 is 1.33 bits per heavy atom. The Labute approximate surface area is 167 Å². The quantitative estimate of drug-likeness (QED) is 0.653. The average molecular weight is 445 g/mol. The molecule has 1 amide bonds. The Morgan fingerprint density at radius 2 is 1.96 bits per heavy atom. The molecule has 0 N–H and O–H groups in total. The van der Waals surface area contributed by atoms with Gasteiger partial charge in [-0.15, -0.1) is 0 Å². The van der Waals surface area contributed by atoms with Crippen molar-refractivity contribution in [2.75, 3.05) is 19.7 Å². The van der Waals surface area contributed by atoms with E-state index in [9.17, 15) is 14.0 Å². The Hall–Kier alpha value is -1.70. The molecule has 0 spiro atoms. The van der Waals surface area contributed by atoms with Crippen molar-refractivity contribution < 1.29 is 23.5 Å². The van der Waals surface area contributed by atoms with Crippen LogP contribution < -0.4 is 0 Å². The SMILES string of the molecule is CCOC(=O)C1(Cc2ncc(F)cc2Br)CCN(C(=O)OC(C)(C)C)CC1. The summed E-state index contributed by atoms with van der Waals surface area (Å²) in [5.74, 6) is -0.762. The number of piperidine rings is 1. The molecule has 1 aliphatic rings. The van der Waals surface area contributed by atoms with Gasteiger partial charge in [-0.3, -0.25) is 9.78 Å². The highest BCUT2D eigenvalue weighted by atomic mass is 79.9. The first-order valence-corrected chi connectivity index (χ1v) is 9.81. The number of carbonyl (C=O) groups excluding carboxylic acids is 2. The third-order valence-corrected chi connectivity index (χ3v) is 5.16. The van der Waals surface area contributed by atoms with Crippen molar-refractivity contribution in [2.24, 2.45) is 5.41 Å². The minimum absolute atomic E-state index is 0.272. The van der Waals surface area contributed by atoms with Crippen LogP contribution in [0.2, 0.25) is 0 Å². The van der Waals surface area contributed by atoms with Gasteiger partial charge in [0.15, 0.2) is 0 Å². The van der Waals surface area contributed by atoms with Gasteiger partial charge >= 0.3 is 12.1 Å². The van der Waals surface area contributed by atoms with E-state index in [2.05, 4.69) is 20.9 Å². The molecular formula is C19H26BrFN2O4. The van der Waals surface area contributed by atoms with Crippen molar-refractivity contribution in [1.29, 1.82) is 0 Å². The fraction of sp³-hybridized carbons (Fsp3) is 0.632. The van der Waals surface area contributed by atoms with Crippen molar-refractivity contribution in [3.63, 3.8) is 0 Å². The number of rotatable bonds is 4. The Bertz CT molecular complexity index is 697. The third-order valence-electron chi connectivity index (χ3n) is 4.47. The summed E-state index contributed by atoms with van der Waals surface area (Å²) in [5.41, 5.74) is -0.785. The zero-order chi connectivity index (χ0) is 20.2. The Kier molecular flexibility index (Phi) is 6.83. The van der Waals surface area contributed by atoms with Crippen LogP contribution in [0, 0.1) is 11.2 Å². The van der Waals surface area contributed by atoms with Crippen molar-refractivity contribution in [3.05, 3.63) is 28.2 Å². The molecule has 1 saturated heterocycles. The molecular weight excluding hydrogens is 419 g/mol. The number of halogens is 2. The third kappa shape index (κ3) is 5.64. The van der Waals surface area contributed by atoms with Gasteiger partial charge in [-0.2, -0.15) is 0 Å². The second-order valence-electron chi connectivity index (χ2n) is 7.73. The maximum Gasteiger partial charge on any atom is 0.410 e. The summed E-state index contributed by atoms with van der Waals surface area (Å²) in [6, 6.07) is 1.33. The number of hydrogen-bond donors (Lipinski definition) is 0. The molecule has 1 aliphatic heterocycles. The molecule has 2 heterocycles.